The maximum atomic E-state index is 12.3. The first-order chi connectivity index (χ1) is 9.29. The van der Waals surface area contributed by atoms with Crippen molar-refractivity contribution in [2.75, 3.05) is 4.72 Å². The Morgan fingerprint density at radius 1 is 1.50 bits per heavy atom. The van der Waals surface area contributed by atoms with Crippen molar-refractivity contribution in [1.82, 2.24) is 4.98 Å². The monoisotopic (exact) mass is 347 g/mol. The third-order valence-corrected chi connectivity index (χ3v) is 5.36. The first-order valence-electron chi connectivity index (χ1n) is 5.34. The summed E-state index contributed by atoms with van der Waals surface area (Å²) in [6.45, 7) is 1.83. The molecule has 1 aromatic heterocycles. The van der Waals surface area contributed by atoms with Crippen LogP contribution in [0.15, 0.2) is 29.3 Å². The van der Waals surface area contributed by atoms with E-state index < -0.39 is 10.0 Å². The van der Waals surface area contributed by atoms with Crippen LogP contribution in [0.1, 0.15) is 10.4 Å². The van der Waals surface area contributed by atoms with Crippen LogP contribution in [0, 0.1) is 6.92 Å². The Balaban J connectivity index is 2.43. The summed E-state index contributed by atoms with van der Waals surface area (Å²) in [5, 5.41) is 0.366. The number of nitrogens with one attached hydrogen (secondary N) is 1. The van der Waals surface area contributed by atoms with Gasteiger partial charge in [0.1, 0.15) is 9.88 Å². The van der Waals surface area contributed by atoms with Gasteiger partial charge in [-0.3, -0.25) is 4.72 Å². The second-order valence-corrected chi connectivity index (χ2v) is 7.62. The van der Waals surface area contributed by atoms with Gasteiger partial charge in [-0.15, -0.1) is 11.3 Å². The highest BCUT2D eigenvalue weighted by Crippen LogP contribution is 2.26. The molecule has 0 saturated carbocycles. The van der Waals surface area contributed by atoms with Crippen molar-refractivity contribution in [3.05, 3.63) is 39.9 Å². The van der Waals surface area contributed by atoms with E-state index in [2.05, 4.69) is 9.71 Å². The molecule has 0 aliphatic rings. The lowest BCUT2D eigenvalue weighted by Crippen LogP contribution is -2.15. The molecule has 0 bridgehead atoms. The summed E-state index contributed by atoms with van der Waals surface area (Å²) in [7, 11) is -3.84. The van der Waals surface area contributed by atoms with Gasteiger partial charge in [-0.25, -0.2) is 13.4 Å². The van der Waals surface area contributed by atoms with Gasteiger partial charge in [0.05, 0.1) is 5.02 Å². The normalized spacial score (nSPS) is 11.3. The van der Waals surface area contributed by atoms with Crippen LogP contribution in [0.4, 0.5) is 5.13 Å². The third-order valence-electron chi connectivity index (χ3n) is 2.35. The van der Waals surface area contributed by atoms with E-state index in [4.69, 9.17) is 29.6 Å². The van der Waals surface area contributed by atoms with Gasteiger partial charge >= 0.3 is 0 Å². The maximum Gasteiger partial charge on any atom is 0.265 e. The first kappa shape index (κ1) is 15.2. The van der Waals surface area contributed by atoms with E-state index in [0.29, 0.717) is 5.56 Å². The number of anilines is 1. The first-order valence-corrected chi connectivity index (χ1v) is 8.43. The molecule has 0 spiro atoms. The standard InChI is InChI=1S/C11H10ClN3O2S3/c1-6-5-14-11(19-6)15-20(16,17)9-4-7(10(13)18)2-3-8(9)12/h2-5H,1H3,(H2,13,18)(H,14,15). The lowest BCUT2D eigenvalue weighted by molar-refractivity contribution is 0.601. The molecule has 0 fully saturated rings. The molecule has 0 aliphatic heterocycles. The SMILES string of the molecule is Cc1cnc(NS(=O)(=O)c2cc(C(N)=S)ccc2Cl)s1. The fourth-order valence-corrected chi connectivity index (χ4v) is 3.99. The number of thiazole rings is 1. The Morgan fingerprint density at radius 3 is 2.75 bits per heavy atom. The summed E-state index contributed by atoms with van der Waals surface area (Å²) in [5.41, 5.74) is 5.93. The molecule has 106 valence electrons. The molecule has 2 rings (SSSR count). The number of sulfonamides is 1. The molecule has 0 saturated heterocycles. The van der Waals surface area contributed by atoms with Crippen LogP contribution in [0.2, 0.25) is 5.02 Å². The van der Waals surface area contributed by atoms with E-state index >= 15 is 0 Å². The van der Waals surface area contributed by atoms with Gasteiger partial charge in [0.25, 0.3) is 10.0 Å². The van der Waals surface area contributed by atoms with Crippen molar-refractivity contribution in [2.24, 2.45) is 5.73 Å². The van der Waals surface area contributed by atoms with Gasteiger partial charge in [0.2, 0.25) is 0 Å². The number of aromatic nitrogens is 1. The molecular formula is C11H10ClN3O2S3. The zero-order valence-electron chi connectivity index (χ0n) is 10.3. The number of aryl methyl sites for hydroxylation is 1. The fourth-order valence-electron chi connectivity index (χ4n) is 1.43. The Kier molecular flexibility index (Phi) is 4.28. The molecule has 9 heteroatoms. The lowest BCUT2D eigenvalue weighted by Gasteiger charge is -2.08. The third kappa shape index (κ3) is 3.26. The van der Waals surface area contributed by atoms with Crippen molar-refractivity contribution in [2.45, 2.75) is 11.8 Å². The van der Waals surface area contributed by atoms with Gasteiger partial charge in [0.15, 0.2) is 5.13 Å². The lowest BCUT2D eigenvalue weighted by atomic mass is 10.2. The minimum atomic E-state index is -3.84. The quantitative estimate of drug-likeness (QED) is 0.830. The van der Waals surface area contributed by atoms with E-state index in [1.54, 1.807) is 12.3 Å². The minimum Gasteiger partial charge on any atom is -0.389 e. The smallest absolute Gasteiger partial charge is 0.265 e. The van der Waals surface area contributed by atoms with Crippen LogP contribution >= 0.6 is 35.2 Å². The number of rotatable bonds is 4. The Hall–Kier alpha value is -1.22. The van der Waals surface area contributed by atoms with Crippen LogP contribution in [-0.4, -0.2) is 18.4 Å². The number of nitrogens with two attached hydrogens (primary N) is 1. The summed E-state index contributed by atoms with van der Waals surface area (Å²) in [6, 6.07) is 4.35. The molecule has 20 heavy (non-hydrogen) atoms. The van der Waals surface area contributed by atoms with Crippen LogP contribution in [-0.2, 0) is 10.0 Å². The van der Waals surface area contributed by atoms with Crippen molar-refractivity contribution < 1.29 is 8.42 Å². The van der Waals surface area contributed by atoms with E-state index in [0.717, 1.165) is 4.88 Å². The number of halogens is 1. The zero-order valence-corrected chi connectivity index (χ0v) is 13.5. The largest absolute Gasteiger partial charge is 0.389 e. The highest BCUT2D eigenvalue weighted by molar-refractivity contribution is 7.93. The van der Waals surface area contributed by atoms with Crippen LogP contribution in [0.25, 0.3) is 0 Å². The van der Waals surface area contributed by atoms with Gasteiger partial charge in [-0.2, -0.15) is 0 Å². The topological polar surface area (TPSA) is 85.1 Å². The van der Waals surface area contributed by atoms with Crippen LogP contribution in [0.5, 0.6) is 0 Å². The second kappa shape index (κ2) is 5.65. The molecule has 0 unspecified atom stereocenters. The summed E-state index contributed by atoms with van der Waals surface area (Å²) < 4.78 is 27.0. The maximum absolute atomic E-state index is 12.3. The highest BCUT2D eigenvalue weighted by Gasteiger charge is 2.20. The average molecular weight is 348 g/mol. The number of hydrogen-bond acceptors (Lipinski definition) is 5. The number of nitrogens with zero attached hydrogens (tertiary/aromatic N) is 1. The molecule has 0 atom stereocenters. The van der Waals surface area contributed by atoms with Crippen LogP contribution in [0.3, 0.4) is 0 Å². The molecule has 3 N–H and O–H groups in total. The predicted molar refractivity (Wildman–Crippen MR) is 85.0 cm³/mol. The zero-order chi connectivity index (χ0) is 14.9. The summed E-state index contributed by atoms with van der Waals surface area (Å²) in [4.78, 5) is 4.86. The van der Waals surface area contributed by atoms with Crippen LogP contribution < -0.4 is 10.5 Å². The molecule has 0 radical (unpaired) electrons. The van der Waals surface area contributed by atoms with Gasteiger partial charge < -0.3 is 5.73 Å². The van der Waals surface area contributed by atoms with Crippen molar-refractivity contribution in [3.63, 3.8) is 0 Å². The van der Waals surface area contributed by atoms with Crippen molar-refractivity contribution >= 4 is 55.3 Å². The Morgan fingerprint density at radius 2 is 2.20 bits per heavy atom. The van der Waals surface area contributed by atoms with Gasteiger partial charge in [-0.1, -0.05) is 29.9 Å². The number of benzene rings is 1. The van der Waals surface area contributed by atoms with E-state index in [1.807, 2.05) is 6.92 Å². The summed E-state index contributed by atoms with van der Waals surface area (Å²) in [5.74, 6) is 0. The van der Waals surface area contributed by atoms with Crippen molar-refractivity contribution in [1.29, 1.82) is 0 Å². The number of thiocarbonyl (C=S) groups is 1. The number of hydrogen-bond donors (Lipinski definition) is 2. The van der Waals surface area contributed by atoms with E-state index in [-0.39, 0.29) is 20.0 Å². The Labute approximate surface area is 130 Å². The Bertz CT molecular complexity index is 771. The molecule has 2 aromatic rings. The molecular weight excluding hydrogens is 338 g/mol. The van der Waals surface area contributed by atoms with Crippen molar-refractivity contribution in [3.8, 4) is 0 Å². The molecule has 1 heterocycles. The van der Waals surface area contributed by atoms with Gasteiger partial charge in [0, 0.05) is 16.6 Å². The summed E-state index contributed by atoms with van der Waals surface area (Å²) >= 11 is 12.0. The second-order valence-electron chi connectivity index (χ2n) is 3.89. The average Bonchev–Trinajstić information content (AvgIpc) is 2.73. The van der Waals surface area contributed by atoms with E-state index in [1.165, 1.54) is 23.5 Å². The predicted octanol–water partition coefficient (Wildman–Crippen LogP) is 2.54. The molecule has 0 aliphatic carbocycles. The molecule has 1 aromatic carbocycles. The minimum absolute atomic E-state index is 0.0858. The van der Waals surface area contributed by atoms with E-state index in [9.17, 15) is 8.42 Å². The van der Waals surface area contributed by atoms with Gasteiger partial charge in [-0.05, 0) is 19.1 Å². The molecule has 0 amide bonds. The fraction of sp³-hybridized carbons (Fsp3) is 0.0909. The summed E-state index contributed by atoms with van der Waals surface area (Å²) in [6.07, 6.45) is 1.58. The highest BCUT2D eigenvalue weighted by atomic mass is 35.5. The molecule has 5 nitrogen and oxygen atoms in total.